The van der Waals surface area contributed by atoms with Gasteiger partial charge in [-0.25, -0.2) is 0 Å². The van der Waals surface area contributed by atoms with Crippen LogP contribution in [0.4, 0.5) is 0 Å². The molecule has 1 N–H and O–H groups in total. The maximum Gasteiger partial charge on any atom is 0.125 e. The summed E-state index contributed by atoms with van der Waals surface area (Å²) in [6.07, 6.45) is 8.84. The van der Waals surface area contributed by atoms with Crippen molar-refractivity contribution in [2.24, 2.45) is 5.92 Å². The van der Waals surface area contributed by atoms with Crippen molar-refractivity contribution >= 4 is 0 Å². The van der Waals surface area contributed by atoms with Gasteiger partial charge in [-0.1, -0.05) is 32.4 Å². The van der Waals surface area contributed by atoms with E-state index in [1.807, 2.05) is 0 Å². The Bertz CT molecular complexity index is 502. The van der Waals surface area contributed by atoms with Crippen LogP contribution < -0.4 is 10.1 Å². The van der Waals surface area contributed by atoms with Crippen LogP contribution in [0.25, 0.3) is 0 Å². The summed E-state index contributed by atoms with van der Waals surface area (Å²) < 4.78 is 6.56. The van der Waals surface area contributed by atoms with Crippen LogP contribution in [0.1, 0.15) is 76.0 Å². The monoisotopic (exact) mass is 301 g/mol. The molecule has 0 radical (unpaired) electrons. The molecule has 1 unspecified atom stereocenters. The van der Waals surface area contributed by atoms with E-state index in [4.69, 9.17) is 4.74 Å². The van der Waals surface area contributed by atoms with Crippen molar-refractivity contribution in [2.45, 2.75) is 77.4 Å². The number of hydrogen-bond donors (Lipinski definition) is 1. The second kappa shape index (κ2) is 6.62. The van der Waals surface area contributed by atoms with E-state index in [-0.39, 0.29) is 5.60 Å². The van der Waals surface area contributed by atoms with E-state index < -0.39 is 0 Å². The lowest BCUT2D eigenvalue weighted by Gasteiger charge is -2.45. The van der Waals surface area contributed by atoms with Gasteiger partial charge in [-0.05, 0) is 63.1 Å². The first-order valence-corrected chi connectivity index (χ1v) is 9.11. The lowest BCUT2D eigenvalue weighted by atomic mass is 9.77. The van der Waals surface area contributed by atoms with Crippen LogP contribution in [0.5, 0.6) is 5.75 Å². The van der Waals surface area contributed by atoms with Crippen molar-refractivity contribution in [1.82, 2.24) is 5.32 Å². The average molecular weight is 301 g/mol. The van der Waals surface area contributed by atoms with Crippen molar-refractivity contribution in [2.75, 3.05) is 6.54 Å². The minimum absolute atomic E-state index is 0.0918. The van der Waals surface area contributed by atoms with Gasteiger partial charge >= 0.3 is 0 Å². The third-order valence-corrected chi connectivity index (χ3v) is 5.32. The Morgan fingerprint density at radius 1 is 1.23 bits per heavy atom. The molecule has 2 nitrogen and oxygen atoms in total. The standard InChI is InChI=1S/C20H31NO/c1-15(2)9-12-21-18-14-20(10-5-4-6-11-20)22-19-13-16(3)7-8-17(18)19/h7-8,13,15,18,21H,4-6,9-12,14H2,1-3H3. The fourth-order valence-electron chi connectivity index (χ4n) is 4.01. The Balaban J connectivity index is 1.81. The van der Waals surface area contributed by atoms with Gasteiger partial charge in [0, 0.05) is 18.0 Å². The van der Waals surface area contributed by atoms with Gasteiger partial charge in [-0.3, -0.25) is 0 Å². The van der Waals surface area contributed by atoms with E-state index in [9.17, 15) is 0 Å². The van der Waals surface area contributed by atoms with Gasteiger partial charge in [0.15, 0.2) is 0 Å². The van der Waals surface area contributed by atoms with E-state index in [2.05, 4.69) is 44.3 Å². The molecule has 0 saturated heterocycles. The molecule has 1 fully saturated rings. The van der Waals surface area contributed by atoms with Gasteiger partial charge in [0.1, 0.15) is 11.4 Å². The maximum atomic E-state index is 6.56. The summed E-state index contributed by atoms with van der Waals surface area (Å²) in [5.41, 5.74) is 2.76. The summed E-state index contributed by atoms with van der Waals surface area (Å²) in [7, 11) is 0. The molecule has 1 heterocycles. The Hall–Kier alpha value is -1.02. The zero-order valence-electron chi connectivity index (χ0n) is 14.5. The largest absolute Gasteiger partial charge is 0.487 e. The van der Waals surface area contributed by atoms with Gasteiger partial charge in [-0.15, -0.1) is 0 Å². The van der Waals surface area contributed by atoms with Crippen molar-refractivity contribution < 1.29 is 4.74 Å². The summed E-state index contributed by atoms with van der Waals surface area (Å²) >= 11 is 0. The van der Waals surface area contributed by atoms with Crippen molar-refractivity contribution in [3.63, 3.8) is 0 Å². The number of aryl methyl sites for hydroxylation is 1. The summed E-state index contributed by atoms with van der Waals surface area (Å²) in [6, 6.07) is 7.19. The minimum atomic E-state index is 0.0918. The second-order valence-electron chi connectivity index (χ2n) is 7.78. The van der Waals surface area contributed by atoms with Gasteiger partial charge in [0.25, 0.3) is 0 Å². The van der Waals surface area contributed by atoms with Gasteiger partial charge in [0.2, 0.25) is 0 Å². The Morgan fingerprint density at radius 2 is 2.00 bits per heavy atom. The van der Waals surface area contributed by atoms with Crippen LogP contribution in [0.3, 0.4) is 0 Å². The predicted molar refractivity (Wildman–Crippen MR) is 92.4 cm³/mol. The number of hydrogen-bond acceptors (Lipinski definition) is 2. The smallest absolute Gasteiger partial charge is 0.125 e. The van der Waals surface area contributed by atoms with E-state index >= 15 is 0 Å². The lowest BCUT2D eigenvalue weighted by molar-refractivity contribution is -0.00277. The quantitative estimate of drug-likeness (QED) is 0.829. The maximum absolute atomic E-state index is 6.56. The fourth-order valence-corrected chi connectivity index (χ4v) is 4.01. The first kappa shape index (κ1) is 15.9. The molecule has 1 aromatic rings. The Morgan fingerprint density at radius 3 is 2.73 bits per heavy atom. The average Bonchev–Trinajstić information content (AvgIpc) is 2.47. The summed E-state index contributed by atoms with van der Waals surface area (Å²) in [6.45, 7) is 7.86. The Kier molecular flexibility index (Phi) is 4.77. The lowest BCUT2D eigenvalue weighted by Crippen LogP contribution is -2.45. The predicted octanol–water partition coefficient (Wildman–Crippen LogP) is 5.16. The van der Waals surface area contributed by atoms with Crippen molar-refractivity contribution in [3.05, 3.63) is 29.3 Å². The molecule has 2 heteroatoms. The number of ether oxygens (including phenoxy) is 1. The van der Waals surface area contributed by atoms with Gasteiger partial charge < -0.3 is 10.1 Å². The van der Waals surface area contributed by atoms with Crippen LogP contribution in [0.2, 0.25) is 0 Å². The van der Waals surface area contributed by atoms with E-state index in [0.29, 0.717) is 6.04 Å². The highest BCUT2D eigenvalue weighted by Crippen LogP contribution is 2.46. The number of nitrogens with one attached hydrogen (secondary N) is 1. The fraction of sp³-hybridized carbons (Fsp3) is 0.700. The van der Waals surface area contributed by atoms with Crippen LogP contribution in [0.15, 0.2) is 18.2 Å². The molecule has 1 aliphatic heterocycles. The molecule has 1 aromatic carbocycles. The summed E-state index contributed by atoms with van der Waals surface area (Å²) in [5, 5.41) is 3.82. The van der Waals surface area contributed by atoms with E-state index in [1.165, 1.54) is 49.7 Å². The SMILES string of the molecule is Cc1ccc2c(c1)OC1(CCCCC1)CC2NCCC(C)C. The van der Waals surface area contributed by atoms with Crippen LogP contribution >= 0.6 is 0 Å². The number of benzene rings is 1. The summed E-state index contributed by atoms with van der Waals surface area (Å²) in [5.74, 6) is 1.89. The topological polar surface area (TPSA) is 21.3 Å². The van der Waals surface area contributed by atoms with E-state index in [0.717, 1.165) is 24.6 Å². The third-order valence-electron chi connectivity index (χ3n) is 5.32. The normalized spacial score (nSPS) is 23.4. The molecule has 0 aromatic heterocycles. The molecule has 1 aliphatic carbocycles. The molecule has 1 spiro atoms. The minimum Gasteiger partial charge on any atom is -0.487 e. The molecule has 3 rings (SSSR count). The molecule has 1 saturated carbocycles. The molecule has 22 heavy (non-hydrogen) atoms. The zero-order chi connectivity index (χ0) is 15.6. The Labute approximate surface area is 135 Å². The second-order valence-corrected chi connectivity index (χ2v) is 7.78. The van der Waals surface area contributed by atoms with E-state index in [1.54, 1.807) is 0 Å². The molecular weight excluding hydrogens is 270 g/mol. The highest BCUT2D eigenvalue weighted by atomic mass is 16.5. The van der Waals surface area contributed by atoms with Crippen molar-refractivity contribution in [1.29, 1.82) is 0 Å². The highest BCUT2D eigenvalue weighted by molar-refractivity contribution is 5.42. The zero-order valence-corrected chi connectivity index (χ0v) is 14.5. The number of rotatable bonds is 4. The molecule has 0 bridgehead atoms. The van der Waals surface area contributed by atoms with Crippen LogP contribution in [-0.2, 0) is 0 Å². The van der Waals surface area contributed by atoms with Gasteiger partial charge in [0.05, 0.1) is 0 Å². The molecule has 1 atom stereocenters. The molecular formula is C20H31NO. The molecule has 0 amide bonds. The third kappa shape index (κ3) is 3.48. The van der Waals surface area contributed by atoms with Crippen LogP contribution in [-0.4, -0.2) is 12.1 Å². The highest BCUT2D eigenvalue weighted by Gasteiger charge is 2.41. The van der Waals surface area contributed by atoms with Crippen LogP contribution in [0, 0.1) is 12.8 Å². The van der Waals surface area contributed by atoms with Gasteiger partial charge in [-0.2, -0.15) is 0 Å². The first-order chi connectivity index (χ1) is 10.6. The molecule has 122 valence electrons. The number of fused-ring (bicyclic) bond motifs is 1. The molecule has 2 aliphatic rings. The first-order valence-electron chi connectivity index (χ1n) is 9.11. The van der Waals surface area contributed by atoms with Crippen molar-refractivity contribution in [3.8, 4) is 5.75 Å². The summed E-state index contributed by atoms with van der Waals surface area (Å²) in [4.78, 5) is 0.